The summed E-state index contributed by atoms with van der Waals surface area (Å²) in [5.41, 5.74) is 0. The Kier molecular flexibility index (Phi) is 5.30. The Hall–Kier alpha value is -0.515. The van der Waals surface area contributed by atoms with Gasteiger partial charge < -0.3 is 19.8 Å². The second-order valence-corrected chi connectivity index (χ2v) is 1.35. The Morgan fingerprint density at radius 1 is 1.44 bits per heavy atom. The number of hydrogen-bond acceptors (Lipinski definition) is 4. The molecule has 52 valence electrons. The van der Waals surface area contributed by atoms with Crippen LogP contribution in [0, 0.1) is 0 Å². The molecule has 0 atom stereocenters. The Labute approximate surface area is 53.6 Å². The summed E-state index contributed by atoms with van der Waals surface area (Å²) in [6, 6.07) is 0. The minimum Gasteiger partial charge on any atom is -0.519 e. The molecule has 0 aliphatic heterocycles. The lowest BCUT2D eigenvalue weighted by Gasteiger charge is -1.93. The molecular weight excluding hydrogens is 123 g/mol. The summed E-state index contributed by atoms with van der Waals surface area (Å²) in [4.78, 5) is 0. The number of aliphatic hydroxyl groups is 1. The van der Waals surface area contributed by atoms with E-state index in [2.05, 4.69) is 4.65 Å². The Morgan fingerprint density at radius 2 is 2.11 bits per heavy atom. The summed E-state index contributed by atoms with van der Waals surface area (Å²) >= 11 is 0. The average molecular weight is 132 g/mol. The maximum Gasteiger partial charge on any atom is 0.707 e. The topological polar surface area (TPSA) is 69.9 Å². The van der Waals surface area contributed by atoms with Crippen LogP contribution in [0.15, 0.2) is 12.3 Å². The molecule has 0 aliphatic rings. The van der Waals surface area contributed by atoms with Crippen LogP contribution >= 0.6 is 0 Å². The van der Waals surface area contributed by atoms with Crippen LogP contribution in [0.1, 0.15) is 6.42 Å². The van der Waals surface area contributed by atoms with E-state index >= 15 is 0 Å². The van der Waals surface area contributed by atoms with Gasteiger partial charge in [0.25, 0.3) is 0 Å². The minimum atomic E-state index is -1.76. The van der Waals surface area contributed by atoms with Crippen molar-refractivity contribution in [2.24, 2.45) is 0 Å². The smallest absolute Gasteiger partial charge is 0.519 e. The van der Waals surface area contributed by atoms with E-state index in [9.17, 15) is 0 Å². The predicted octanol–water partition coefficient (Wildman–Crippen LogP) is -1.13. The lowest BCUT2D eigenvalue weighted by molar-refractivity contribution is 0.255. The van der Waals surface area contributed by atoms with Gasteiger partial charge in [-0.1, -0.05) is 0 Å². The first-order valence-electron chi connectivity index (χ1n) is 2.55. The zero-order valence-corrected chi connectivity index (χ0v) is 4.90. The van der Waals surface area contributed by atoms with Crippen molar-refractivity contribution < 1.29 is 19.8 Å². The van der Waals surface area contributed by atoms with Crippen LogP contribution in [-0.4, -0.2) is 29.1 Å². The van der Waals surface area contributed by atoms with Gasteiger partial charge in [0.1, 0.15) is 0 Å². The molecule has 0 saturated heterocycles. The second kappa shape index (κ2) is 5.62. The van der Waals surface area contributed by atoms with E-state index < -0.39 is 7.32 Å². The van der Waals surface area contributed by atoms with Crippen molar-refractivity contribution >= 4 is 7.32 Å². The summed E-state index contributed by atoms with van der Waals surface area (Å²) < 4.78 is 4.16. The summed E-state index contributed by atoms with van der Waals surface area (Å²) in [6.07, 6.45) is 3.06. The van der Waals surface area contributed by atoms with Gasteiger partial charge in [0.15, 0.2) is 0 Å². The molecule has 0 heterocycles. The van der Waals surface area contributed by atoms with Crippen LogP contribution in [-0.2, 0) is 4.65 Å². The summed E-state index contributed by atoms with van der Waals surface area (Å²) in [7, 11) is -1.76. The SMILES string of the molecule is OCCC=COB(O)O. The van der Waals surface area contributed by atoms with Gasteiger partial charge in [-0.2, -0.15) is 0 Å². The van der Waals surface area contributed by atoms with Crippen LogP contribution in [0.4, 0.5) is 0 Å². The van der Waals surface area contributed by atoms with E-state index in [0.717, 1.165) is 6.26 Å². The van der Waals surface area contributed by atoms with Crippen LogP contribution < -0.4 is 0 Å². The monoisotopic (exact) mass is 132 g/mol. The van der Waals surface area contributed by atoms with Crippen molar-refractivity contribution in [2.75, 3.05) is 6.61 Å². The Balaban J connectivity index is 3.04. The van der Waals surface area contributed by atoms with E-state index in [-0.39, 0.29) is 6.61 Å². The second-order valence-electron chi connectivity index (χ2n) is 1.35. The van der Waals surface area contributed by atoms with E-state index in [1.807, 2.05) is 0 Å². The van der Waals surface area contributed by atoms with Gasteiger partial charge >= 0.3 is 7.32 Å². The van der Waals surface area contributed by atoms with E-state index in [4.69, 9.17) is 15.2 Å². The molecule has 0 unspecified atom stereocenters. The summed E-state index contributed by atoms with van der Waals surface area (Å²) in [5.74, 6) is 0. The minimum absolute atomic E-state index is 0.0292. The van der Waals surface area contributed by atoms with Crippen molar-refractivity contribution in [2.45, 2.75) is 6.42 Å². The summed E-state index contributed by atoms with van der Waals surface area (Å²) in [5, 5.41) is 24.3. The quantitative estimate of drug-likeness (QED) is 0.334. The first kappa shape index (κ1) is 8.48. The molecule has 9 heavy (non-hydrogen) atoms. The van der Waals surface area contributed by atoms with Gasteiger partial charge in [-0.15, -0.1) is 0 Å². The fourth-order valence-electron chi connectivity index (χ4n) is 0.268. The van der Waals surface area contributed by atoms with E-state index in [1.165, 1.54) is 6.08 Å². The largest absolute Gasteiger partial charge is 0.707 e. The average Bonchev–Trinajstić information content (AvgIpc) is 1.80. The van der Waals surface area contributed by atoms with Crippen molar-refractivity contribution in [3.05, 3.63) is 12.3 Å². The fourth-order valence-corrected chi connectivity index (χ4v) is 0.268. The highest BCUT2D eigenvalue weighted by molar-refractivity contribution is 6.32. The maximum absolute atomic E-state index is 8.20. The molecular formula is C4H9BO4. The molecule has 0 rings (SSSR count). The van der Waals surface area contributed by atoms with Crippen LogP contribution in [0.5, 0.6) is 0 Å². The first-order valence-corrected chi connectivity index (χ1v) is 2.55. The molecule has 0 amide bonds. The van der Waals surface area contributed by atoms with Crippen LogP contribution in [0.3, 0.4) is 0 Å². The molecule has 0 aromatic heterocycles. The third kappa shape index (κ3) is 7.48. The van der Waals surface area contributed by atoms with E-state index in [0.29, 0.717) is 6.42 Å². The normalized spacial score (nSPS) is 10.1. The van der Waals surface area contributed by atoms with Gasteiger partial charge in [-0.3, -0.25) is 0 Å². The third-order valence-electron chi connectivity index (χ3n) is 0.592. The Bertz CT molecular complexity index is 82.6. The highest BCUT2D eigenvalue weighted by Gasteiger charge is 2.05. The zero-order valence-electron chi connectivity index (χ0n) is 4.90. The van der Waals surface area contributed by atoms with Crippen molar-refractivity contribution in [1.82, 2.24) is 0 Å². The number of aliphatic hydroxyl groups excluding tert-OH is 1. The van der Waals surface area contributed by atoms with Gasteiger partial charge in [0.2, 0.25) is 0 Å². The molecule has 0 bridgehead atoms. The third-order valence-corrected chi connectivity index (χ3v) is 0.592. The summed E-state index contributed by atoms with van der Waals surface area (Å²) in [6.45, 7) is 0.0292. The molecule has 0 aliphatic carbocycles. The van der Waals surface area contributed by atoms with Crippen molar-refractivity contribution in [3.8, 4) is 0 Å². The lowest BCUT2D eigenvalue weighted by atomic mass is 10.3. The molecule has 4 nitrogen and oxygen atoms in total. The highest BCUT2D eigenvalue weighted by atomic mass is 16.6. The van der Waals surface area contributed by atoms with Gasteiger partial charge in [-0.05, 0) is 12.5 Å². The number of rotatable bonds is 4. The maximum atomic E-state index is 8.20. The molecule has 0 fully saturated rings. The predicted molar refractivity (Wildman–Crippen MR) is 32.1 cm³/mol. The molecule has 3 N–H and O–H groups in total. The van der Waals surface area contributed by atoms with Crippen LogP contribution in [0.25, 0.3) is 0 Å². The standard InChI is InChI=1S/C4H9BO4/c6-3-1-2-4-9-5(7)8/h2,4,6-8H,1,3H2. The molecule has 5 heteroatoms. The van der Waals surface area contributed by atoms with Gasteiger partial charge in [-0.25, -0.2) is 0 Å². The molecule has 0 aromatic rings. The van der Waals surface area contributed by atoms with E-state index in [1.54, 1.807) is 0 Å². The Morgan fingerprint density at radius 3 is 2.56 bits per heavy atom. The molecule has 0 aromatic carbocycles. The van der Waals surface area contributed by atoms with Crippen molar-refractivity contribution in [1.29, 1.82) is 0 Å². The lowest BCUT2D eigenvalue weighted by Crippen LogP contribution is -2.12. The molecule has 0 spiro atoms. The highest BCUT2D eigenvalue weighted by Crippen LogP contribution is 1.82. The zero-order chi connectivity index (χ0) is 7.11. The van der Waals surface area contributed by atoms with Gasteiger partial charge in [0, 0.05) is 6.61 Å². The van der Waals surface area contributed by atoms with Gasteiger partial charge in [0.05, 0.1) is 6.26 Å². The van der Waals surface area contributed by atoms with Crippen LogP contribution in [0.2, 0.25) is 0 Å². The molecule has 0 radical (unpaired) electrons. The van der Waals surface area contributed by atoms with Crippen molar-refractivity contribution in [3.63, 3.8) is 0 Å². The molecule has 0 saturated carbocycles. The first-order chi connectivity index (χ1) is 4.27. The fraction of sp³-hybridized carbons (Fsp3) is 0.500. The number of hydrogen-bond donors (Lipinski definition) is 3.